The van der Waals surface area contributed by atoms with Gasteiger partial charge in [0.05, 0.1) is 6.10 Å². The van der Waals surface area contributed by atoms with Gasteiger partial charge in [-0.3, -0.25) is 4.79 Å². The van der Waals surface area contributed by atoms with Gasteiger partial charge in [0.2, 0.25) is 0 Å². The van der Waals surface area contributed by atoms with Gasteiger partial charge in [-0.25, -0.2) is 0 Å². The molecule has 1 amide bonds. The summed E-state index contributed by atoms with van der Waals surface area (Å²) in [7, 11) is 0. The van der Waals surface area contributed by atoms with Crippen LogP contribution in [0, 0.1) is 5.92 Å². The molecule has 1 aromatic rings. The Morgan fingerprint density at radius 1 is 1.33 bits per heavy atom. The van der Waals surface area contributed by atoms with Gasteiger partial charge in [-0.15, -0.1) is 0 Å². The lowest BCUT2D eigenvalue weighted by molar-refractivity contribution is 0.0939. The summed E-state index contributed by atoms with van der Waals surface area (Å²) in [5, 5.41) is 12.1. The van der Waals surface area contributed by atoms with Crippen LogP contribution >= 0.6 is 0 Å². The summed E-state index contributed by atoms with van der Waals surface area (Å²) in [6.07, 6.45) is 0.354. The van der Waals surface area contributed by atoms with E-state index in [9.17, 15) is 9.90 Å². The Kier molecular flexibility index (Phi) is 5.82. The average Bonchev–Trinajstić information content (AvgIpc) is 2.35. The Hall–Kier alpha value is -1.39. The molecule has 0 saturated heterocycles. The lowest BCUT2D eigenvalue weighted by atomic mass is 10.0. The van der Waals surface area contributed by atoms with Gasteiger partial charge in [-0.1, -0.05) is 19.1 Å². The molecule has 4 nitrogen and oxygen atoms in total. The first kappa shape index (κ1) is 14.7. The highest BCUT2D eigenvalue weighted by atomic mass is 16.3. The van der Waals surface area contributed by atoms with Crippen molar-refractivity contribution in [2.24, 2.45) is 11.7 Å². The maximum absolute atomic E-state index is 11.8. The monoisotopic (exact) mass is 250 g/mol. The Morgan fingerprint density at radius 3 is 2.44 bits per heavy atom. The second-order valence-electron chi connectivity index (χ2n) is 4.80. The van der Waals surface area contributed by atoms with E-state index in [0.29, 0.717) is 25.1 Å². The van der Waals surface area contributed by atoms with Crippen LogP contribution in [0.2, 0.25) is 0 Å². The molecule has 100 valence electrons. The Labute approximate surface area is 108 Å². The van der Waals surface area contributed by atoms with E-state index < -0.39 is 0 Å². The van der Waals surface area contributed by atoms with Crippen LogP contribution in [0.5, 0.6) is 0 Å². The standard InChI is InChI=1S/C14H22N2O2/c1-10(7-11(2)17)9-16-14(18)13-5-3-12(8-15)4-6-13/h3-6,10-11,17H,7-9,15H2,1-2H3,(H,16,18). The zero-order valence-electron chi connectivity index (χ0n) is 11.0. The van der Waals surface area contributed by atoms with Gasteiger partial charge in [0.15, 0.2) is 0 Å². The number of nitrogens with two attached hydrogens (primary N) is 1. The molecule has 0 saturated carbocycles. The summed E-state index contributed by atoms with van der Waals surface area (Å²) in [6.45, 7) is 4.81. The van der Waals surface area contributed by atoms with E-state index in [1.807, 2.05) is 19.1 Å². The van der Waals surface area contributed by atoms with E-state index >= 15 is 0 Å². The third-order valence-electron chi connectivity index (χ3n) is 2.81. The molecule has 2 atom stereocenters. The third-order valence-corrected chi connectivity index (χ3v) is 2.81. The predicted octanol–water partition coefficient (Wildman–Crippen LogP) is 1.28. The molecule has 0 radical (unpaired) electrons. The fourth-order valence-corrected chi connectivity index (χ4v) is 1.83. The van der Waals surface area contributed by atoms with Crippen molar-refractivity contribution in [1.29, 1.82) is 0 Å². The number of rotatable bonds is 6. The maximum Gasteiger partial charge on any atom is 0.251 e. The topological polar surface area (TPSA) is 75.3 Å². The summed E-state index contributed by atoms with van der Waals surface area (Å²) in [5.41, 5.74) is 7.14. The highest BCUT2D eigenvalue weighted by Crippen LogP contribution is 2.06. The smallest absolute Gasteiger partial charge is 0.251 e. The molecule has 0 aliphatic carbocycles. The van der Waals surface area contributed by atoms with Gasteiger partial charge in [0, 0.05) is 18.7 Å². The minimum absolute atomic E-state index is 0.0870. The number of benzene rings is 1. The second-order valence-corrected chi connectivity index (χ2v) is 4.80. The van der Waals surface area contributed by atoms with Crippen LogP contribution in [-0.2, 0) is 6.54 Å². The Balaban J connectivity index is 2.44. The quantitative estimate of drug-likeness (QED) is 0.712. The first-order chi connectivity index (χ1) is 8.52. The summed E-state index contributed by atoms with van der Waals surface area (Å²) in [6, 6.07) is 7.26. The van der Waals surface area contributed by atoms with Crippen LogP contribution in [0.4, 0.5) is 0 Å². The zero-order chi connectivity index (χ0) is 13.5. The lowest BCUT2D eigenvalue weighted by Gasteiger charge is -2.14. The van der Waals surface area contributed by atoms with E-state index in [0.717, 1.165) is 5.56 Å². The third kappa shape index (κ3) is 4.85. The Bertz CT molecular complexity index is 374. The SMILES string of the molecule is CC(O)CC(C)CNC(=O)c1ccc(CN)cc1. The number of hydrogen-bond donors (Lipinski definition) is 3. The molecule has 1 rings (SSSR count). The van der Waals surface area contributed by atoms with Gasteiger partial charge < -0.3 is 16.2 Å². The average molecular weight is 250 g/mol. The van der Waals surface area contributed by atoms with Gasteiger partial charge >= 0.3 is 0 Å². The predicted molar refractivity (Wildman–Crippen MR) is 72.1 cm³/mol. The van der Waals surface area contributed by atoms with Crippen LogP contribution < -0.4 is 11.1 Å². The molecule has 0 aliphatic heterocycles. The molecule has 18 heavy (non-hydrogen) atoms. The molecular formula is C14H22N2O2. The van der Waals surface area contributed by atoms with Crippen molar-refractivity contribution in [2.45, 2.75) is 32.9 Å². The van der Waals surface area contributed by atoms with Crippen LogP contribution in [0.25, 0.3) is 0 Å². The molecule has 0 heterocycles. The fourth-order valence-electron chi connectivity index (χ4n) is 1.83. The summed E-state index contributed by atoms with van der Waals surface area (Å²) in [5.74, 6) is 0.174. The summed E-state index contributed by atoms with van der Waals surface area (Å²) in [4.78, 5) is 11.8. The van der Waals surface area contributed by atoms with Crippen molar-refractivity contribution in [3.05, 3.63) is 35.4 Å². The van der Waals surface area contributed by atoms with Gasteiger partial charge in [0.25, 0.3) is 5.91 Å². The van der Waals surface area contributed by atoms with E-state index in [1.54, 1.807) is 19.1 Å². The van der Waals surface area contributed by atoms with Gasteiger partial charge in [-0.2, -0.15) is 0 Å². The molecule has 0 fully saturated rings. The highest BCUT2D eigenvalue weighted by Gasteiger charge is 2.09. The number of amides is 1. The molecule has 2 unspecified atom stereocenters. The molecule has 1 aromatic carbocycles. The van der Waals surface area contributed by atoms with Gasteiger partial charge in [0.1, 0.15) is 0 Å². The first-order valence-corrected chi connectivity index (χ1v) is 6.28. The zero-order valence-corrected chi connectivity index (χ0v) is 11.0. The normalized spacial score (nSPS) is 14.0. The summed E-state index contributed by atoms with van der Waals surface area (Å²) < 4.78 is 0. The van der Waals surface area contributed by atoms with Crippen molar-refractivity contribution < 1.29 is 9.90 Å². The number of aliphatic hydroxyl groups is 1. The lowest BCUT2D eigenvalue weighted by Crippen LogP contribution is -2.29. The number of aliphatic hydroxyl groups excluding tert-OH is 1. The number of hydrogen-bond acceptors (Lipinski definition) is 3. The fraction of sp³-hybridized carbons (Fsp3) is 0.500. The maximum atomic E-state index is 11.8. The molecule has 0 spiro atoms. The van der Waals surface area contributed by atoms with Crippen molar-refractivity contribution in [3.63, 3.8) is 0 Å². The number of carbonyl (C=O) groups excluding carboxylic acids is 1. The van der Waals surface area contributed by atoms with Crippen molar-refractivity contribution >= 4 is 5.91 Å². The van der Waals surface area contributed by atoms with Crippen LogP contribution in [0.3, 0.4) is 0 Å². The number of carbonyl (C=O) groups is 1. The van der Waals surface area contributed by atoms with E-state index in [-0.39, 0.29) is 17.9 Å². The van der Waals surface area contributed by atoms with Crippen LogP contribution in [0.1, 0.15) is 36.2 Å². The first-order valence-electron chi connectivity index (χ1n) is 6.28. The minimum Gasteiger partial charge on any atom is -0.393 e. The van der Waals surface area contributed by atoms with Crippen LogP contribution in [-0.4, -0.2) is 23.7 Å². The molecular weight excluding hydrogens is 228 g/mol. The number of nitrogens with one attached hydrogen (secondary N) is 1. The van der Waals surface area contributed by atoms with E-state index in [1.165, 1.54) is 0 Å². The highest BCUT2D eigenvalue weighted by molar-refractivity contribution is 5.94. The molecule has 4 N–H and O–H groups in total. The van der Waals surface area contributed by atoms with E-state index in [2.05, 4.69) is 5.32 Å². The van der Waals surface area contributed by atoms with E-state index in [4.69, 9.17) is 5.73 Å². The largest absolute Gasteiger partial charge is 0.393 e. The molecule has 0 aromatic heterocycles. The molecule has 4 heteroatoms. The van der Waals surface area contributed by atoms with Crippen LogP contribution in [0.15, 0.2) is 24.3 Å². The minimum atomic E-state index is -0.333. The summed E-state index contributed by atoms with van der Waals surface area (Å²) >= 11 is 0. The second kappa shape index (κ2) is 7.13. The Morgan fingerprint density at radius 2 is 1.94 bits per heavy atom. The van der Waals surface area contributed by atoms with Gasteiger partial charge in [-0.05, 0) is 37.0 Å². The van der Waals surface area contributed by atoms with Crippen molar-refractivity contribution in [3.8, 4) is 0 Å². The van der Waals surface area contributed by atoms with Crippen molar-refractivity contribution in [2.75, 3.05) is 6.54 Å². The van der Waals surface area contributed by atoms with Crippen molar-refractivity contribution in [1.82, 2.24) is 5.32 Å². The molecule has 0 bridgehead atoms. The molecule has 0 aliphatic rings.